The first-order chi connectivity index (χ1) is 18.5. The van der Waals surface area contributed by atoms with E-state index in [4.69, 9.17) is 11.5 Å². The third kappa shape index (κ3) is 8.51. The van der Waals surface area contributed by atoms with Gasteiger partial charge in [-0.1, -0.05) is 0 Å². The SMILES string of the molecule is Cc1ccc(C)n1C(N)=CC(I)=Nc1ccc(F)cc1.Cc1ccc(C)n1C(N)=CC=Nc1ccc(F)cc1. The minimum atomic E-state index is -0.271. The van der Waals surface area contributed by atoms with Gasteiger partial charge >= 0.3 is 0 Å². The molecule has 9 heteroatoms. The van der Waals surface area contributed by atoms with Crippen LogP contribution in [0, 0.1) is 39.3 Å². The molecule has 0 amide bonds. The molecule has 0 aliphatic carbocycles. The van der Waals surface area contributed by atoms with Crippen LogP contribution in [0.4, 0.5) is 20.2 Å². The van der Waals surface area contributed by atoms with Crippen LogP contribution in [0.5, 0.6) is 0 Å². The smallest absolute Gasteiger partial charge is 0.123 e. The van der Waals surface area contributed by atoms with Crippen LogP contribution in [0.2, 0.25) is 0 Å². The van der Waals surface area contributed by atoms with Crippen molar-refractivity contribution in [2.75, 3.05) is 0 Å². The first-order valence-corrected chi connectivity index (χ1v) is 13.2. The van der Waals surface area contributed by atoms with Gasteiger partial charge < -0.3 is 20.6 Å². The van der Waals surface area contributed by atoms with E-state index in [0.29, 0.717) is 23.0 Å². The van der Waals surface area contributed by atoms with Crippen LogP contribution in [0.15, 0.2) is 94.9 Å². The van der Waals surface area contributed by atoms with E-state index in [1.54, 1.807) is 42.6 Å². The lowest BCUT2D eigenvalue weighted by Crippen LogP contribution is -2.10. The van der Waals surface area contributed by atoms with Gasteiger partial charge in [-0.2, -0.15) is 0 Å². The van der Waals surface area contributed by atoms with Gasteiger partial charge in [0, 0.05) is 35.1 Å². The molecular weight excluding hydrogens is 609 g/mol. The molecule has 202 valence electrons. The van der Waals surface area contributed by atoms with Crippen LogP contribution in [0.1, 0.15) is 22.8 Å². The Hall–Kier alpha value is -3.99. The Morgan fingerprint density at radius 3 is 1.54 bits per heavy atom. The van der Waals surface area contributed by atoms with Crippen LogP contribution in [-0.4, -0.2) is 19.1 Å². The molecule has 0 saturated heterocycles. The van der Waals surface area contributed by atoms with Crippen molar-refractivity contribution < 1.29 is 8.78 Å². The summed E-state index contributed by atoms with van der Waals surface area (Å²) in [5, 5.41) is 0. The Morgan fingerprint density at radius 2 is 1.08 bits per heavy atom. The fourth-order valence-electron chi connectivity index (χ4n) is 3.81. The molecule has 4 rings (SSSR count). The van der Waals surface area contributed by atoms with Gasteiger partial charge in [-0.3, -0.25) is 4.99 Å². The predicted molar refractivity (Wildman–Crippen MR) is 167 cm³/mol. The molecule has 0 fully saturated rings. The number of aryl methyl sites for hydroxylation is 4. The fourth-order valence-corrected chi connectivity index (χ4v) is 4.41. The van der Waals surface area contributed by atoms with Gasteiger partial charge in [0.2, 0.25) is 0 Å². The predicted octanol–water partition coefficient (Wildman–Crippen LogP) is 7.57. The van der Waals surface area contributed by atoms with E-state index in [1.165, 1.54) is 24.3 Å². The Balaban J connectivity index is 0.000000216. The molecule has 4 N–H and O–H groups in total. The highest BCUT2D eigenvalue weighted by molar-refractivity contribution is 14.1. The Labute approximate surface area is 241 Å². The van der Waals surface area contributed by atoms with Crippen LogP contribution in [0.25, 0.3) is 11.6 Å². The normalized spacial score (nSPS) is 12.5. The summed E-state index contributed by atoms with van der Waals surface area (Å²) in [5.74, 6) is 0.673. The third-order valence-corrected chi connectivity index (χ3v) is 6.24. The molecule has 0 unspecified atom stereocenters. The van der Waals surface area contributed by atoms with Crippen LogP contribution < -0.4 is 11.5 Å². The number of benzene rings is 2. The van der Waals surface area contributed by atoms with Crippen molar-refractivity contribution in [2.24, 2.45) is 21.5 Å². The largest absolute Gasteiger partial charge is 0.385 e. The summed E-state index contributed by atoms with van der Waals surface area (Å²) in [6.07, 6.45) is 5.13. The summed E-state index contributed by atoms with van der Waals surface area (Å²) in [7, 11) is 0. The van der Waals surface area contributed by atoms with Gasteiger partial charge in [0.15, 0.2) is 0 Å². The molecule has 2 heterocycles. The highest BCUT2D eigenvalue weighted by atomic mass is 127. The minimum Gasteiger partial charge on any atom is -0.385 e. The molecule has 2 aromatic heterocycles. The summed E-state index contributed by atoms with van der Waals surface area (Å²) < 4.78 is 30.2. The summed E-state index contributed by atoms with van der Waals surface area (Å²) >= 11 is 2.10. The first kappa shape index (κ1) is 29.6. The van der Waals surface area contributed by atoms with Gasteiger partial charge in [-0.25, -0.2) is 13.8 Å². The molecule has 0 saturated carbocycles. The van der Waals surface area contributed by atoms with E-state index < -0.39 is 0 Å². The molecule has 6 nitrogen and oxygen atoms in total. The van der Waals surface area contributed by atoms with E-state index in [0.717, 1.165) is 26.5 Å². The molecular formula is C30H31F2IN6. The van der Waals surface area contributed by atoms with E-state index in [9.17, 15) is 8.78 Å². The average Bonchev–Trinajstić information content (AvgIpc) is 3.41. The maximum absolute atomic E-state index is 12.8. The highest BCUT2D eigenvalue weighted by Gasteiger charge is 2.04. The second-order valence-electron chi connectivity index (χ2n) is 8.73. The van der Waals surface area contributed by atoms with Gasteiger partial charge in [-0.05, 0) is 129 Å². The quantitative estimate of drug-likeness (QED) is 0.168. The summed E-state index contributed by atoms with van der Waals surface area (Å²) in [5.41, 5.74) is 17.8. The lowest BCUT2D eigenvalue weighted by Gasteiger charge is -2.08. The molecule has 39 heavy (non-hydrogen) atoms. The van der Waals surface area contributed by atoms with Crippen molar-refractivity contribution in [3.63, 3.8) is 0 Å². The Bertz CT molecular complexity index is 1490. The topological polar surface area (TPSA) is 86.6 Å². The van der Waals surface area contributed by atoms with Crippen LogP contribution >= 0.6 is 22.6 Å². The van der Waals surface area contributed by atoms with Crippen molar-refractivity contribution in [2.45, 2.75) is 27.7 Å². The van der Waals surface area contributed by atoms with E-state index in [2.05, 4.69) is 32.6 Å². The monoisotopic (exact) mass is 640 g/mol. The zero-order valence-corrected chi connectivity index (χ0v) is 24.4. The lowest BCUT2D eigenvalue weighted by molar-refractivity contribution is 0.627. The number of nitrogens with two attached hydrogens (primary N) is 2. The average molecular weight is 641 g/mol. The number of rotatable bonds is 6. The molecule has 0 atom stereocenters. The molecule has 0 bridgehead atoms. The number of nitrogens with zero attached hydrogens (tertiary/aromatic N) is 4. The molecule has 0 spiro atoms. The van der Waals surface area contributed by atoms with Crippen molar-refractivity contribution in [1.82, 2.24) is 9.13 Å². The summed E-state index contributed by atoms with van der Waals surface area (Å²) in [6, 6.07) is 20.0. The minimum absolute atomic E-state index is 0.271. The van der Waals surface area contributed by atoms with Crippen molar-refractivity contribution in [3.05, 3.63) is 119 Å². The fraction of sp³-hybridized carbons (Fsp3) is 0.133. The number of hydrogen-bond acceptors (Lipinski definition) is 4. The standard InChI is InChI=1S/C15H15FIN3.C15H16FN3/c1-10-3-4-11(2)20(10)15(18)9-14(17)19-13-7-5-12(16)6-8-13;1-11-3-4-12(2)19(11)15(17)9-10-18-14-7-5-13(16)6-8-14/h3-9H,18H2,1-2H3;3-10H,17H2,1-2H3. The lowest BCUT2D eigenvalue weighted by atomic mass is 10.3. The first-order valence-electron chi connectivity index (χ1n) is 12.1. The number of halogens is 3. The zero-order valence-electron chi connectivity index (χ0n) is 22.2. The van der Waals surface area contributed by atoms with Crippen LogP contribution in [-0.2, 0) is 0 Å². The summed E-state index contributed by atoms with van der Waals surface area (Å²) in [4.78, 5) is 8.57. The number of allylic oxidation sites excluding steroid dienone is 2. The summed E-state index contributed by atoms with van der Waals surface area (Å²) in [6.45, 7) is 7.98. The molecule has 4 aromatic rings. The van der Waals surface area contributed by atoms with Gasteiger partial charge in [0.25, 0.3) is 0 Å². The number of aliphatic imine (C=N–C) groups is 2. The molecule has 2 aromatic carbocycles. The number of hydrogen-bond donors (Lipinski definition) is 2. The van der Waals surface area contributed by atoms with Gasteiger partial charge in [-0.15, -0.1) is 0 Å². The Morgan fingerprint density at radius 1 is 0.667 bits per heavy atom. The molecule has 0 radical (unpaired) electrons. The maximum atomic E-state index is 12.8. The van der Waals surface area contributed by atoms with E-state index >= 15 is 0 Å². The molecule has 0 aliphatic rings. The van der Waals surface area contributed by atoms with E-state index in [1.807, 2.05) is 61.1 Å². The maximum Gasteiger partial charge on any atom is 0.123 e. The van der Waals surface area contributed by atoms with Gasteiger partial charge in [0.1, 0.15) is 27.0 Å². The van der Waals surface area contributed by atoms with Crippen molar-refractivity contribution in [1.29, 1.82) is 0 Å². The van der Waals surface area contributed by atoms with Crippen molar-refractivity contribution >= 4 is 55.5 Å². The second-order valence-corrected chi connectivity index (χ2v) is 9.83. The van der Waals surface area contributed by atoms with E-state index in [-0.39, 0.29) is 11.6 Å². The number of aromatic nitrogens is 2. The second kappa shape index (κ2) is 13.7. The Kier molecular flexibility index (Phi) is 10.4. The highest BCUT2D eigenvalue weighted by Crippen LogP contribution is 2.17. The zero-order chi connectivity index (χ0) is 28.5. The van der Waals surface area contributed by atoms with Crippen molar-refractivity contribution in [3.8, 4) is 0 Å². The van der Waals surface area contributed by atoms with Gasteiger partial charge in [0.05, 0.1) is 11.4 Å². The van der Waals surface area contributed by atoms with Crippen LogP contribution in [0.3, 0.4) is 0 Å². The molecule has 0 aliphatic heterocycles. The third-order valence-electron chi connectivity index (χ3n) is 5.68.